The van der Waals surface area contributed by atoms with E-state index in [0.29, 0.717) is 16.5 Å². The van der Waals surface area contributed by atoms with Crippen molar-refractivity contribution >= 4 is 44.8 Å². The minimum Gasteiger partial charge on any atom is -0.482 e. The van der Waals surface area contributed by atoms with Gasteiger partial charge in [0.15, 0.2) is 6.61 Å². The summed E-state index contributed by atoms with van der Waals surface area (Å²) in [6, 6.07) is 8.92. The highest BCUT2D eigenvalue weighted by Crippen LogP contribution is 2.27. The van der Waals surface area contributed by atoms with Crippen LogP contribution in [0, 0.1) is 5.82 Å². The molecule has 4 nitrogen and oxygen atoms in total. The summed E-state index contributed by atoms with van der Waals surface area (Å²) in [5, 5.41) is 2.75. The molecule has 0 radical (unpaired) electrons. The van der Waals surface area contributed by atoms with Gasteiger partial charge in [0.25, 0.3) is 5.91 Å². The van der Waals surface area contributed by atoms with E-state index in [9.17, 15) is 9.18 Å². The van der Waals surface area contributed by atoms with E-state index in [1.807, 2.05) is 0 Å². The molecule has 0 saturated heterocycles. The molecule has 0 saturated carbocycles. The molecule has 1 amide bonds. The Hall–Kier alpha value is -1.79. The van der Waals surface area contributed by atoms with E-state index in [0.717, 1.165) is 4.47 Å². The van der Waals surface area contributed by atoms with E-state index < -0.39 is 11.7 Å². The molecule has 0 bridgehead atoms. The third kappa shape index (κ3) is 4.34. The first kappa shape index (κ1) is 15.6. The topological polar surface area (TPSA) is 64.3 Å². The number of carbonyl (C=O) groups excluding carboxylic acids is 1. The van der Waals surface area contributed by atoms with Crippen LogP contribution in [-0.2, 0) is 4.79 Å². The van der Waals surface area contributed by atoms with Crippen molar-refractivity contribution in [2.45, 2.75) is 0 Å². The zero-order valence-corrected chi connectivity index (χ0v) is 13.0. The summed E-state index contributed by atoms with van der Waals surface area (Å²) in [7, 11) is 0. The smallest absolute Gasteiger partial charge is 0.262 e. The molecule has 0 aliphatic heterocycles. The molecule has 0 atom stereocenters. The van der Waals surface area contributed by atoms with Gasteiger partial charge in [-0.2, -0.15) is 0 Å². The lowest BCUT2D eigenvalue weighted by molar-refractivity contribution is -0.118. The summed E-state index contributed by atoms with van der Waals surface area (Å²) in [5.74, 6) is -0.722. The molecule has 3 N–H and O–H groups in total. The quantitative estimate of drug-likeness (QED) is 0.800. The second-order valence-electron chi connectivity index (χ2n) is 4.15. The van der Waals surface area contributed by atoms with Crippen LogP contribution in [0.3, 0.4) is 0 Å². The maximum Gasteiger partial charge on any atom is 0.262 e. The molecule has 0 aromatic heterocycles. The Morgan fingerprint density at radius 3 is 2.81 bits per heavy atom. The molecule has 110 valence electrons. The van der Waals surface area contributed by atoms with E-state index in [4.69, 9.17) is 22.1 Å². The molecule has 0 fully saturated rings. The van der Waals surface area contributed by atoms with Crippen LogP contribution in [-0.4, -0.2) is 12.5 Å². The molecule has 0 aliphatic rings. The third-order valence-electron chi connectivity index (χ3n) is 2.52. The highest BCUT2D eigenvalue weighted by Gasteiger charge is 2.09. The molecular weight excluding hydrogens is 363 g/mol. The maximum atomic E-state index is 13.5. The average molecular weight is 374 g/mol. The fraction of sp³-hybridized carbons (Fsp3) is 0.0714. The Morgan fingerprint density at radius 2 is 2.10 bits per heavy atom. The first-order valence-corrected chi connectivity index (χ1v) is 7.05. The van der Waals surface area contributed by atoms with Gasteiger partial charge >= 0.3 is 0 Å². The number of hydrogen-bond acceptors (Lipinski definition) is 3. The van der Waals surface area contributed by atoms with Crippen molar-refractivity contribution in [1.29, 1.82) is 0 Å². The van der Waals surface area contributed by atoms with Crippen LogP contribution in [0.15, 0.2) is 40.9 Å². The number of rotatable bonds is 4. The van der Waals surface area contributed by atoms with Crippen LogP contribution in [0.2, 0.25) is 5.02 Å². The predicted octanol–water partition coefficient (Wildman–Crippen LogP) is 3.84. The second kappa shape index (κ2) is 6.78. The zero-order chi connectivity index (χ0) is 15.4. The lowest BCUT2D eigenvalue weighted by Crippen LogP contribution is -2.21. The lowest BCUT2D eigenvalue weighted by Gasteiger charge is -2.10. The first-order chi connectivity index (χ1) is 9.95. The van der Waals surface area contributed by atoms with Gasteiger partial charge in [-0.15, -0.1) is 0 Å². The van der Waals surface area contributed by atoms with Crippen LogP contribution in [0.5, 0.6) is 5.75 Å². The molecule has 21 heavy (non-hydrogen) atoms. The summed E-state index contributed by atoms with van der Waals surface area (Å²) in [4.78, 5) is 11.7. The molecule has 0 heterocycles. The third-order valence-corrected chi connectivity index (χ3v) is 3.31. The van der Waals surface area contributed by atoms with Crippen molar-refractivity contribution in [3.63, 3.8) is 0 Å². The first-order valence-electron chi connectivity index (χ1n) is 5.88. The molecule has 2 aromatic carbocycles. The van der Waals surface area contributed by atoms with Crippen LogP contribution < -0.4 is 15.8 Å². The number of nitrogens with two attached hydrogens (primary N) is 1. The standard InChI is InChI=1S/C14H11BrClFN2O2/c15-8-1-4-13(10(16)5-8)21-7-14(20)19-12-6-9(18)2-3-11(12)17/h1-6H,7,18H2,(H,19,20). The number of anilines is 2. The number of nitrogens with one attached hydrogen (secondary N) is 1. The highest BCUT2D eigenvalue weighted by atomic mass is 79.9. The molecule has 0 unspecified atom stereocenters. The summed E-state index contributed by atoms with van der Waals surface area (Å²) < 4.78 is 19.5. The highest BCUT2D eigenvalue weighted by molar-refractivity contribution is 9.10. The number of halogens is 3. The van der Waals surface area contributed by atoms with E-state index in [1.165, 1.54) is 18.2 Å². The Morgan fingerprint density at radius 1 is 1.33 bits per heavy atom. The fourth-order valence-corrected chi connectivity index (χ4v) is 2.29. The molecule has 7 heteroatoms. The zero-order valence-electron chi connectivity index (χ0n) is 10.7. The van der Waals surface area contributed by atoms with Crippen LogP contribution >= 0.6 is 27.5 Å². The molecule has 2 rings (SSSR count). The molecular formula is C14H11BrClFN2O2. The van der Waals surface area contributed by atoms with E-state index in [1.54, 1.807) is 18.2 Å². The largest absolute Gasteiger partial charge is 0.482 e. The fourth-order valence-electron chi connectivity index (χ4n) is 1.56. The molecule has 0 aliphatic carbocycles. The van der Waals surface area contributed by atoms with Crippen molar-refractivity contribution in [1.82, 2.24) is 0 Å². The summed E-state index contributed by atoms with van der Waals surface area (Å²) >= 11 is 9.22. The number of carbonyl (C=O) groups is 1. The van der Waals surface area contributed by atoms with E-state index >= 15 is 0 Å². The van der Waals surface area contributed by atoms with Crippen molar-refractivity contribution in [2.75, 3.05) is 17.7 Å². The number of amides is 1. The van der Waals surface area contributed by atoms with Gasteiger partial charge in [-0.3, -0.25) is 4.79 Å². The average Bonchev–Trinajstić information content (AvgIpc) is 2.42. The summed E-state index contributed by atoms with van der Waals surface area (Å²) in [6.07, 6.45) is 0. The van der Waals surface area contributed by atoms with E-state index in [2.05, 4.69) is 21.2 Å². The van der Waals surface area contributed by atoms with Gasteiger partial charge in [0.2, 0.25) is 0 Å². The Bertz CT molecular complexity index is 682. The monoisotopic (exact) mass is 372 g/mol. The van der Waals surface area contributed by atoms with Crippen molar-refractivity contribution in [3.05, 3.63) is 51.7 Å². The van der Waals surface area contributed by atoms with Gasteiger partial charge in [-0.25, -0.2) is 4.39 Å². The van der Waals surface area contributed by atoms with Gasteiger partial charge in [-0.05, 0) is 36.4 Å². The Labute approximate surface area is 134 Å². The van der Waals surface area contributed by atoms with Gasteiger partial charge in [0.1, 0.15) is 11.6 Å². The number of benzene rings is 2. The van der Waals surface area contributed by atoms with Gasteiger partial charge in [-0.1, -0.05) is 27.5 Å². The van der Waals surface area contributed by atoms with E-state index in [-0.39, 0.29) is 12.3 Å². The molecule has 2 aromatic rings. The van der Waals surface area contributed by atoms with Crippen LogP contribution in [0.1, 0.15) is 0 Å². The van der Waals surface area contributed by atoms with Crippen molar-refractivity contribution in [2.24, 2.45) is 0 Å². The van der Waals surface area contributed by atoms with Crippen molar-refractivity contribution < 1.29 is 13.9 Å². The number of ether oxygens (including phenoxy) is 1. The Balaban J connectivity index is 1.97. The normalized spacial score (nSPS) is 10.2. The van der Waals surface area contributed by atoms with Gasteiger partial charge in [0, 0.05) is 10.2 Å². The number of hydrogen-bond donors (Lipinski definition) is 2. The summed E-state index contributed by atoms with van der Waals surface area (Å²) in [6.45, 7) is -0.296. The second-order valence-corrected chi connectivity index (χ2v) is 5.47. The lowest BCUT2D eigenvalue weighted by atomic mass is 10.2. The minimum absolute atomic E-state index is 0.00510. The Kier molecular flexibility index (Phi) is 5.03. The number of nitrogen functional groups attached to an aromatic ring is 1. The van der Waals surface area contributed by atoms with Gasteiger partial charge in [0.05, 0.1) is 10.7 Å². The SMILES string of the molecule is Nc1ccc(F)c(NC(=O)COc2ccc(Br)cc2Cl)c1. The predicted molar refractivity (Wildman–Crippen MR) is 84.1 cm³/mol. The van der Waals surface area contributed by atoms with Crippen LogP contribution in [0.25, 0.3) is 0 Å². The molecule has 0 spiro atoms. The van der Waals surface area contributed by atoms with Crippen molar-refractivity contribution in [3.8, 4) is 5.75 Å². The minimum atomic E-state index is -0.570. The van der Waals surface area contributed by atoms with Gasteiger partial charge < -0.3 is 15.8 Å². The maximum absolute atomic E-state index is 13.5. The summed E-state index contributed by atoms with van der Waals surface area (Å²) in [5.41, 5.74) is 5.89. The van der Waals surface area contributed by atoms with Crippen LogP contribution in [0.4, 0.5) is 15.8 Å².